The molecule has 4 N–H and O–H groups in total. The number of rotatable bonds is 3. The maximum absolute atomic E-state index is 9.63. The van der Waals surface area contributed by atoms with E-state index in [9.17, 15) is 19.8 Å². The van der Waals surface area contributed by atoms with Crippen LogP contribution in [-0.2, 0) is 29.1 Å². The van der Waals surface area contributed by atoms with Crippen molar-refractivity contribution in [2.75, 3.05) is 0 Å². The average Bonchev–Trinajstić information content (AvgIpc) is 1.84. The predicted octanol–water partition coefficient (Wildman–Crippen LogP) is -5.62. The fraction of sp³-hybridized carbons (Fsp3) is 0.500. The number of aliphatic hydroxyl groups excluding tert-OH is 2. The molecule has 0 saturated heterocycles. The van der Waals surface area contributed by atoms with E-state index in [1.807, 2.05) is 0 Å². The van der Waals surface area contributed by atoms with Gasteiger partial charge in [0, 0.05) is 0 Å². The third-order valence-electron chi connectivity index (χ3n) is 0.782. The minimum atomic E-state index is -2.44. The van der Waals surface area contributed by atoms with Gasteiger partial charge >= 0.3 is 19.5 Å². The maximum Gasteiger partial charge on any atom is 2.00 e. The zero-order valence-electron chi connectivity index (χ0n) is 5.89. The van der Waals surface area contributed by atoms with Crippen LogP contribution in [0.5, 0.6) is 0 Å². The molecular formula is C4H6O7Zn. The second-order valence-corrected chi connectivity index (χ2v) is 1.53. The third kappa shape index (κ3) is 5.14. The van der Waals surface area contributed by atoms with Gasteiger partial charge in [-0.1, -0.05) is 0 Å². The van der Waals surface area contributed by atoms with E-state index in [4.69, 9.17) is 10.2 Å². The Kier molecular flexibility index (Phi) is 10.4. The summed E-state index contributed by atoms with van der Waals surface area (Å²) in [5, 5.41) is 35.7. The normalized spacial score (nSPS) is 13.2. The Morgan fingerprint density at radius 3 is 1.25 bits per heavy atom. The standard InChI is InChI=1S/C4H6O6.H2O.Zn/c5-1(3(7)8)2(6)4(9)10;;/h1-2,5-6H,(H,7,8)(H,9,10);1H2;/q;;+2/p-2. The SMILES string of the molecule is O.O=C([O-])C(O)C(O)C(=O)[O-].[Zn+2]. The molecule has 0 aliphatic heterocycles. The first-order valence-corrected chi connectivity index (χ1v) is 2.24. The number of hydrogen-bond acceptors (Lipinski definition) is 6. The summed E-state index contributed by atoms with van der Waals surface area (Å²) in [6.07, 6.45) is -4.88. The molecular weight excluding hydrogens is 225 g/mol. The Bertz CT molecular complexity index is 139. The van der Waals surface area contributed by atoms with E-state index >= 15 is 0 Å². The summed E-state index contributed by atoms with van der Waals surface area (Å²) >= 11 is 0. The van der Waals surface area contributed by atoms with Crippen LogP contribution >= 0.6 is 0 Å². The Morgan fingerprint density at radius 1 is 1.00 bits per heavy atom. The van der Waals surface area contributed by atoms with Crippen molar-refractivity contribution in [2.24, 2.45) is 0 Å². The van der Waals surface area contributed by atoms with Gasteiger partial charge < -0.3 is 35.5 Å². The molecule has 0 amide bonds. The number of carboxylic acid groups (broad SMARTS) is 2. The average molecular weight is 231 g/mol. The van der Waals surface area contributed by atoms with Crippen LogP contribution in [0, 0.1) is 0 Å². The van der Waals surface area contributed by atoms with E-state index in [1.54, 1.807) is 0 Å². The zero-order valence-corrected chi connectivity index (χ0v) is 8.86. The number of aliphatic hydroxyl groups is 2. The zero-order chi connectivity index (χ0) is 8.31. The Balaban J connectivity index is -0.000000405. The monoisotopic (exact) mass is 230 g/mol. The summed E-state index contributed by atoms with van der Waals surface area (Å²) in [5.41, 5.74) is 0. The Hall–Kier alpha value is -0.557. The molecule has 0 rings (SSSR count). The number of carbonyl (C=O) groups excluding carboxylic acids is 2. The molecule has 7 nitrogen and oxygen atoms in total. The molecule has 0 radical (unpaired) electrons. The minimum Gasteiger partial charge on any atom is -0.547 e. The molecule has 2 atom stereocenters. The number of carbonyl (C=O) groups is 2. The molecule has 0 aliphatic carbocycles. The van der Waals surface area contributed by atoms with Crippen LogP contribution in [0.1, 0.15) is 0 Å². The van der Waals surface area contributed by atoms with Gasteiger partial charge in [-0.15, -0.1) is 0 Å². The van der Waals surface area contributed by atoms with Crippen molar-refractivity contribution in [3.05, 3.63) is 0 Å². The molecule has 0 saturated carbocycles. The number of hydrogen-bond donors (Lipinski definition) is 2. The van der Waals surface area contributed by atoms with Crippen LogP contribution in [0.2, 0.25) is 0 Å². The fourth-order valence-electron chi connectivity index (χ4n) is 0.258. The number of carboxylic acids is 2. The summed E-state index contributed by atoms with van der Waals surface area (Å²) in [6, 6.07) is 0. The summed E-state index contributed by atoms with van der Waals surface area (Å²) in [6.45, 7) is 0. The van der Waals surface area contributed by atoms with Crippen LogP contribution in [0.25, 0.3) is 0 Å². The first kappa shape index (κ1) is 17.5. The second-order valence-electron chi connectivity index (χ2n) is 1.53. The van der Waals surface area contributed by atoms with Crippen molar-refractivity contribution in [2.45, 2.75) is 12.2 Å². The molecule has 0 bridgehead atoms. The topological polar surface area (TPSA) is 152 Å². The number of aliphatic carboxylic acids is 2. The summed E-state index contributed by atoms with van der Waals surface area (Å²) in [7, 11) is 0. The van der Waals surface area contributed by atoms with Gasteiger partial charge in [0.1, 0.15) is 12.2 Å². The van der Waals surface area contributed by atoms with Crippen molar-refractivity contribution in [3.8, 4) is 0 Å². The van der Waals surface area contributed by atoms with Crippen molar-refractivity contribution in [1.82, 2.24) is 0 Å². The molecule has 0 fully saturated rings. The molecule has 0 aromatic rings. The van der Waals surface area contributed by atoms with Crippen LogP contribution in [0.3, 0.4) is 0 Å². The Labute approximate surface area is 79.7 Å². The summed E-state index contributed by atoms with van der Waals surface area (Å²) in [5.74, 6) is -4.12. The fourth-order valence-corrected chi connectivity index (χ4v) is 0.258. The van der Waals surface area contributed by atoms with Gasteiger partial charge in [-0.2, -0.15) is 0 Å². The third-order valence-corrected chi connectivity index (χ3v) is 0.782. The molecule has 0 aliphatic rings. The molecule has 0 aromatic carbocycles. The van der Waals surface area contributed by atoms with E-state index in [-0.39, 0.29) is 25.0 Å². The van der Waals surface area contributed by atoms with Crippen LogP contribution in [0.15, 0.2) is 0 Å². The van der Waals surface area contributed by atoms with Gasteiger partial charge in [0.05, 0.1) is 11.9 Å². The molecule has 8 heteroatoms. The molecule has 0 spiro atoms. The van der Waals surface area contributed by atoms with E-state index in [1.165, 1.54) is 0 Å². The van der Waals surface area contributed by atoms with Crippen LogP contribution in [-0.4, -0.2) is 39.8 Å². The first-order chi connectivity index (χ1) is 4.46. The largest absolute Gasteiger partial charge is 2.00 e. The minimum absolute atomic E-state index is 0. The quantitative estimate of drug-likeness (QED) is 0.462. The van der Waals surface area contributed by atoms with Crippen LogP contribution in [0.4, 0.5) is 0 Å². The van der Waals surface area contributed by atoms with E-state index in [0.717, 1.165) is 0 Å². The van der Waals surface area contributed by atoms with Gasteiger partial charge in [0.25, 0.3) is 0 Å². The van der Waals surface area contributed by atoms with E-state index in [2.05, 4.69) is 0 Å². The van der Waals surface area contributed by atoms with Gasteiger partial charge in [-0.25, -0.2) is 0 Å². The van der Waals surface area contributed by atoms with Crippen LogP contribution < -0.4 is 10.2 Å². The van der Waals surface area contributed by atoms with Crippen molar-refractivity contribution >= 4 is 11.9 Å². The van der Waals surface area contributed by atoms with Gasteiger partial charge in [0.15, 0.2) is 0 Å². The predicted molar refractivity (Wildman–Crippen MR) is 25.6 cm³/mol. The molecule has 66 valence electrons. The van der Waals surface area contributed by atoms with E-state index in [0.29, 0.717) is 0 Å². The molecule has 0 aromatic heterocycles. The summed E-state index contributed by atoms with van der Waals surface area (Å²) < 4.78 is 0. The van der Waals surface area contributed by atoms with E-state index < -0.39 is 24.1 Å². The van der Waals surface area contributed by atoms with Gasteiger partial charge in [-0.3, -0.25) is 0 Å². The summed E-state index contributed by atoms with van der Waals surface area (Å²) in [4.78, 5) is 19.3. The molecule has 2 unspecified atom stereocenters. The smallest absolute Gasteiger partial charge is 0.547 e. The van der Waals surface area contributed by atoms with Crippen molar-refractivity contribution in [1.29, 1.82) is 0 Å². The van der Waals surface area contributed by atoms with Crippen molar-refractivity contribution < 1.29 is 55.0 Å². The first-order valence-electron chi connectivity index (χ1n) is 2.24. The maximum atomic E-state index is 9.63. The second kappa shape index (κ2) is 7.11. The van der Waals surface area contributed by atoms with Gasteiger partial charge in [0.2, 0.25) is 0 Å². The Morgan fingerprint density at radius 2 is 1.17 bits per heavy atom. The molecule has 0 heterocycles. The molecule has 12 heavy (non-hydrogen) atoms. The van der Waals surface area contributed by atoms with Gasteiger partial charge in [-0.05, 0) is 0 Å². The van der Waals surface area contributed by atoms with Crippen molar-refractivity contribution in [3.63, 3.8) is 0 Å².